The minimum absolute atomic E-state index is 0.350. The summed E-state index contributed by atoms with van der Waals surface area (Å²) in [6.45, 7) is 0.539. The van der Waals surface area contributed by atoms with E-state index in [1.165, 1.54) is 0 Å². The van der Waals surface area contributed by atoms with Gasteiger partial charge in [0.05, 0.1) is 17.8 Å². The molecule has 0 heterocycles. The number of ether oxygens (including phenoxy) is 1. The average molecular weight is 353 g/mol. The molecule has 3 aromatic rings. The number of hydrogen-bond acceptors (Lipinski definition) is 3. The quantitative estimate of drug-likeness (QED) is 0.624. The van der Waals surface area contributed by atoms with E-state index in [1.54, 1.807) is 12.1 Å². The molecule has 1 aliphatic carbocycles. The molecular formula is C24H19NO2. The molecule has 0 saturated heterocycles. The Morgan fingerprint density at radius 2 is 1.52 bits per heavy atom. The Morgan fingerprint density at radius 1 is 0.852 bits per heavy atom. The van der Waals surface area contributed by atoms with Crippen molar-refractivity contribution in [2.75, 3.05) is 0 Å². The van der Waals surface area contributed by atoms with E-state index in [2.05, 4.69) is 0 Å². The fraction of sp³-hybridized carbons (Fsp3) is 0.0833. The second-order valence-electron chi connectivity index (χ2n) is 6.33. The number of benzene rings is 3. The van der Waals surface area contributed by atoms with E-state index in [-0.39, 0.29) is 5.97 Å². The summed E-state index contributed by atoms with van der Waals surface area (Å²) in [6, 6.07) is 27.1. The lowest BCUT2D eigenvalue weighted by Crippen LogP contribution is -2.29. The maximum absolute atomic E-state index is 12.5. The summed E-state index contributed by atoms with van der Waals surface area (Å²) in [5.74, 6) is -0.350. The van der Waals surface area contributed by atoms with E-state index >= 15 is 0 Å². The van der Waals surface area contributed by atoms with Gasteiger partial charge in [-0.05, 0) is 29.3 Å². The highest BCUT2D eigenvalue weighted by Crippen LogP contribution is 2.23. The molecule has 0 radical (unpaired) electrons. The van der Waals surface area contributed by atoms with Crippen LogP contribution in [0.25, 0.3) is 6.08 Å². The second-order valence-corrected chi connectivity index (χ2v) is 6.33. The smallest absolute Gasteiger partial charge is 0.339 e. The van der Waals surface area contributed by atoms with Crippen molar-refractivity contribution in [1.82, 2.24) is 0 Å². The van der Waals surface area contributed by atoms with Crippen molar-refractivity contribution in [2.45, 2.75) is 12.6 Å². The van der Waals surface area contributed by atoms with E-state index in [9.17, 15) is 4.79 Å². The highest BCUT2D eigenvalue weighted by atomic mass is 16.5. The van der Waals surface area contributed by atoms with Crippen LogP contribution in [0.4, 0.5) is 0 Å². The van der Waals surface area contributed by atoms with E-state index in [4.69, 9.17) is 9.73 Å². The lowest BCUT2D eigenvalue weighted by Gasteiger charge is -2.22. The van der Waals surface area contributed by atoms with Gasteiger partial charge >= 0.3 is 5.97 Å². The van der Waals surface area contributed by atoms with Crippen LogP contribution < -0.4 is 0 Å². The molecule has 0 fully saturated rings. The minimum atomic E-state index is -0.503. The zero-order valence-electron chi connectivity index (χ0n) is 14.8. The predicted octanol–water partition coefficient (Wildman–Crippen LogP) is 4.93. The van der Waals surface area contributed by atoms with Crippen molar-refractivity contribution in [2.24, 2.45) is 4.99 Å². The molecule has 0 N–H and O–H groups in total. The van der Waals surface area contributed by atoms with Crippen LogP contribution in [0, 0.1) is 0 Å². The first-order valence-electron chi connectivity index (χ1n) is 8.93. The number of rotatable bonds is 4. The topological polar surface area (TPSA) is 38.7 Å². The van der Waals surface area contributed by atoms with Gasteiger partial charge in [0.1, 0.15) is 0 Å². The largest absolute Gasteiger partial charge is 0.448 e. The first-order chi connectivity index (χ1) is 13.3. The van der Waals surface area contributed by atoms with Gasteiger partial charge in [-0.2, -0.15) is 0 Å². The Labute approximate surface area is 158 Å². The van der Waals surface area contributed by atoms with Crippen molar-refractivity contribution >= 4 is 17.8 Å². The first kappa shape index (κ1) is 17.0. The predicted molar refractivity (Wildman–Crippen MR) is 108 cm³/mol. The Balaban J connectivity index is 1.64. The number of fused-ring (bicyclic) bond motifs is 1. The van der Waals surface area contributed by atoms with Crippen LogP contribution in [-0.2, 0) is 11.3 Å². The van der Waals surface area contributed by atoms with Crippen molar-refractivity contribution < 1.29 is 9.53 Å². The van der Waals surface area contributed by atoms with E-state index in [0.717, 1.165) is 22.4 Å². The summed E-state index contributed by atoms with van der Waals surface area (Å²) >= 11 is 0. The number of esters is 1. The van der Waals surface area contributed by atoms with Gasteiger partial charge in [0, 0.05) is 5.56 Å². The van der Waals surface area contributed by atoms with E-state index in [0.29, 0.717) is 12.1 Å². The molecule has 4 rings (SSSR count). The molecule has 3 heteroatoms. The molecule has 0 aromatic heterocycles. The van der Waals surface area contributed by atoms with Crippen LogP contribution in [-0.4, -0.2) is 17.8 Å². The van der Waals surface area contributed by atoms with Crippen molar-refractivity contribution in [3.05, 3.63) is 113 Å². The van der Waals surface area contributed by atoms with Gasteiger partial charge < -0.3 is 4.74 Å². The maximum Gasteiger partial charge on any atom is 0.339 e. The third-order valence-corrected chi connectivity index (χ3v) is 4.48. The van der Waals surface area contributed by atoms with Crippen LogP contribution in [0.1, 0.15) is 27.0 Å². The van der Waals surface area contributed by atoms with Crippen LogP contribution in [0.2, 0.25) is 0 Å². The van der Waals surface area contributed by atoms with Gasteiger partial charge in [0.25, 0.3) is 0 Å². The number of nitrogens with zero attached hydrogens (tertiary/aromatic N) is 1. The molecule has 132 valence electrons. The fourth-order valence-corrected chi connectivity index (χ4v) is 3.10. The Hall–Kier alpha value is -3.46. The highest BCUT2D eigenvalue weighted by molar-refractivity contribution is 6.10. The third-order valence-electron chi connectivity index (χ3n) is 4.48. The van der Waals surface area contributed by atoms with Gasteiger partial charge in [-0.25, -0.2) is 4.79 Å². The number of aliphatic imine (C=N–C) groups is 1. The molecule has 1 unspecified atom stereocenters. The van der Waals surface area contributed by atoms with Crippen LogP contribution in [0.15, 0.2) is 96.0 Å². The summed E-state index contributed by atoms with van der Waals surface area (Å²) in [4.78, 5) is 17.3. The monoisotopic (exact) mass is 353 g/mol. The summed E-state index contributed by atoms with van der Waals surface area (Å²) in [5.41, 5.74) is 4.51. The Kier molecular flexibility index (Phi) is 4.93. The van der Waals surface area contributed by atoms with Gasteiger partial charge in [-0.1, -0.05) is 78.9 Å². The van der Waals surface area contributed by atoms with Crippen LogP contribution in [0.3, 0.4) is 0 Å². The number of carbonyl (C=O) groups excluding carboxylic acids is 1. The van der Waals surface area contributed by atoms with Crippen LogP contribution in [0.5, 0.6) is 0 Å². The van der Waals surface area contributed by atoms with Gasteiger partial charge in [-0.15, -0.1) is 0 Å². The molecule has 27 heavy (non-hydrogen) atoms. The molecule has 1 aliphatic rings. The normalized spacial score (nSPS) is 16.7. The molecule has 0 bridgehead atoms. The van der Waals surface area contributed by atoms with Crippen molar-refractivity contribution in [1.29, 1.82) is 0 Å². The molecule has 0 amide bonds. The molecule has 1 atom stereocenters. The molecule has 0 spiro atoms. The molecule has 0 aliphatic heterocycles. The highest BCUT2D eigenvalue weighted by Gasteiger charge is 2.25. The lowest BCUT2D eigenvalue weighted by atomic mass is 9.93. The van der Waals surface area contributed by atoms with Gasteiger partial charge in [0.2, 0.25) is 0 Å². The standard InChI is InChI=1S/C24H19NO2/c26-24(20-12-5-2-6-13-20)27-22-16-15-19-11-7-8-14-21(19)23(22)25-17-18-9-3-1-4-10-18/h1-16,22H,17H2/b25-23-. The van der Waals surface area contributed by atoms with Gasteiger partial charge in [0.15, 0.2) is 6.10 Å². The van der Waals surface area contributed by atoms with Crippen molar-refractivity contribution in [3.63, 3.8) is 0 Å². The Morgan fingerprint density at radius 3 is 2.30 bits per heavy atom. The summed E-state index contributed by atoms with van der Waals surface area (Å²) in [5, 5.41) is 0. The summed E-state index contributed by atoms with van der Waals surface area (Å²) < 4.78 is 5.78. The SMILES string of the molecule is O=C(OC1C=Cc2ccccc2/C1=N/Cc1ccccc1)c1ccccc1. The van der Waals surface area contributed by atoms with Crippen molar-refractivity contribution in [3.8, 4) is 0 Å². The van der Waals surface area contributed by atoms with E-state index in [1.807, 2.05) is 84.9 Å². The fourth-order valence-electron chi connectivity index (χ4n) is 3.10. The zero-order valence-corrected chi connectivity index (χ0v) is 14.8. The summed E-state index contributed by atoms with van der Waals surface area (Å²) in [7, 11) is 0. The molecule has 0 saturated carbocycles. The lowest BCUT2D eigenvalue weighted by molar-refractivity contribution is 0.0487. The Bertz CT molecular complexity index is 991. The third kappa shape index (κ3) is 3.87. The van der Waals surface area contributed by atoms with E-state index < -0.39 is 6.10 Å². The first-order valence-corrected chi connectivity index (χ1v) is 8.93. The second kappa shape index (κ2) is 7.83. The minimum Gasteiger partial charge on any atom is -0.448 e. The molecular weight excluding hydrogens is 334 g/mol. The average Bonchev–Trinajstić information content (AvgIpc) is 2.74. The number of carbonyl (C=O) groups is 1. The maximum atomic E-state index is 12.5. The molecule has 3 nitrogen and oxygen atoms in total. The van der Waals surface area contributed by atoms with Gasteiger partial charge in [-0.3, -0.25) is 4.99 Å². The summed E-state index contributed by atoms with van der Waals surface area (Å²) in [6.07, 6.45) is 3.38. The van der Waals surface area contributed by atoms with Crippen LogP contribution >= 0.6 is 0 Å². The molecule has 3 aromatic carbocycles. The number of hydrogen-bond donors (Lipinski definition) is 0. The zero-order chi connectivity index (χ0) is 18.5.